The monoisotopic (exact) mass is 260 g/mol. The molecule has 1 rings (SSSR count). The molecule has 17 heavy (non-hydrogen) atoms. The molecule has 0 fully saturated rings. The van der Waals surface area contributed by atoms with E-state index in [1.54, 1.807) is 18.0 Å². The lowest BCUT2D eigenvalue weighted by Crippen LogP contribution is -2.24. The van der Waals surface area contributed by atoms with Gasteiger partial charge in [0.1, 0.15) is 6.10 Å². The zero-order valence-electron chi connectivity index (χ0n) is 10.9. The molecule has 0 aliphatic carbocycles. The Morgan fingerprint density at radius 3 is 2.65 bits per heavy atom. The smallest absolute Gasteiger partial charge is 0.123 e. The first kappa shape index (κ1) is 14.5. The van der Waals surface area contributed by atoms with E-state index in [0.717, 1.165) is 12.8 Å². The molecule has 5 heteroatoms. The standard InChI is InChI=1S/C12H21ClN2O2/c1-5-6-10(17-4)12(16)11-9(13)7-14-15(11)8(2)3/h7-8,10,12,16H,5-6H2,1-4H3. The summed E-state index contributed by atoms with van der Waals surface area (Å²) in [6.07, 6.45) is 2.32. The molecule has 0 aliphatic heterocycles. The van der Waals surface area contributed by atoms with E-state index in [2.05, 4.69) is 12.0 Å². The van der Waals surface area contributed by atoms with Gasteiger partial charge in [0.15, 0.2) is 0 Å². The zero-order chi connectivity index (χ0) is 13.0. The van der Waals surface area contributed by atoms with Crippen LogP contribution in [-0.2, 0) is 4.74 Å². The van der Waals surface area contributed by atoms with Crippen LogP contribution in [0, 0.1) is 0 Å². The third-order valence-corrected chi connectivity index (χ3v) is 3.08. The minimum absolute atomic E-state index is 0.159. The van der Waals surface area contributed by atoms with Crippen molar-refractivity contribution in [3.8, 4) is 0 Å². The van der Waals surface area contributed by atoms with Gasteiger partial charge in [-0.05, 0) is 20.3 Å². The first-order valence-corrected chi connectivity index (χ1v) is 6.34. The van der Waals surface area contributed by atoms with Crippen molar-refractivity contribution < 1.29 is 9.84 Å². The van der Waals surface area contributed by atoms with Crippen molar-refractivity contribution in [2.75, 3.05) is 7.11 Å². The average molecular weight is 261 g/mol. The van der Waals surface area contributed by atoms with Crippen molar-refractivity contribution in [3.63, 3.8) is 0 Å². The molecule has 1 N–H and O–H groups in total. The van der Waals surface area contributed by atoms with Gasteiger partial charge in [0, 0.05) is 13.2 Å². The van der Waals surface area contributed by atoms with Gasteiger partial charge in [-0.2, -0.15) is 5.10 Å². The predicted octanol–water partition coefficient (Wildman–Crippen LogP) is 2.97. The van der Waals surface area contributed by atoms with Crippen molar-refractivity contribution in [1.82, 2.24) is 9.78 Å². The number of rotatable bonds is 6. The third kappa shape index (κ3) is 3.21. The molecule has 0 bridgehead atoms. The van der Waals surface area contributed by atoms with Crippen LogP contribution >= 0.6 is 11.6 Å². The minimum Gasteiger partial charge on any atom is -0.384 e. The number of aliphatic hydroxyl groups excluding tert-OH is 1. The fourth-order valence-electron chi connectivity index (χ4n) is 1.90. The van der Waals surface area contributed by atoms with E-state index in [0.29, 0.717) is 10.7 Å². The Hall–Kier alpha value is -0.580. The summed E-state index contributed by atoms with van der Waals surface area (Å²) in [6.45, 7) is 6.06. The second kappa shape index (κ2) is 6.38. The van der Waals surface area contributed by atoms with E-state index in [4.69, 9.17) is 16.3 Å². The van der Waals surface area contributed by atoms with Crippen LogP contribution in [0.5, 0.6) is 0 Å². The van der Waals surface area contributed by atoms with Crippen molar-refractivity contribution in [2.45, 2.75) is 51.9 Å². The molecule has 2 unspecified atom stereocenters. The molecule has 1 aromatic rings. The highest BCUT2D eigenvalue weighted by Crippen LogP contribution is 2.30. The van der Waals surface area contributed by atoms with Crippen molar-refractivity contribution in [1.29, 1.82) is 0 Å². The van der Waals surface area contributed by atoms with Crippen LogP contribution in [0.3, 0.4) is 0 Å². The lowest BCUT2D eigenvalue weighted by molar-refractivity contribution is -0.0224. The summed E-state index contributed by atoms with van der Waals surface area (Å²) in [6, 6.07) is 0.159. The molecule has 1 aromatic heterocycles. The Kier molecular flexibility index (Phi) is 5.43. The van der Waals surface area contributed by atoms with Crippen LogP contribution in [0.25, 0.3) is 0 Å². The van der Waals surface area contributed by atoms with Crippen LogP contribution in [0.2, 0.25) is 5.02 Å². The molecule has 0 aromatic carbocycles. The average Bonchev–Trinajstić information content (AvgIpc) is 2.67. The maximum absolute atomic E-state index is 10.3. The summed E-state index contributed by atoms with van der Waals surface area (Å²) in [4.78, 5) is 0. The topological polar surface area (TPSA) is 47.3 Å². The predicted molar refractivity (Wildman–Crippen MR) is 68.3 cm³/mol. The Morgan fingerprint density at radius 2 is 2.18 bits per heavy atom. The maximum atomic E-state index is 10.3. The van der Waals surface area contributed by atoms with E-state index < -0.39 is 6.10 Å². The fraction of sp³-hybridized carbons (Fsp3) is 0.750. The maximum Gasteiger partial charge on any atom is 0.123 e. The molecule has 0 radical (unpaired) electrons. The van der Waals surface area contributed by atoms with E-state index in [9.17, 15) is 5.11 Å². The molecule has 0 spiro atoms. The lowest BCUT2D eigenvalue weighted by atomic mass is 10.1. The molecule has 0 amide bonds. The van der Waals surface area contributed by atoms with Crippen LogP contribution in [0.15, 0.2) is 6.20 Å². The highest BCUT2D eigenvalue weighted by atomic mass is 35.5. The van der Waals surface area contributed by atoms with Gasteiger partial charge in [0.2, 0.25) is 0 Å². The van der Waals surface area contributed by atoms with Gasteiger partial charge in [-0.25, -0.2) is 0 Å². The summed E-state index contributed by atoms with van der Waals surface area (Å²) in [5.74, 6) is 0. The van der Waals surface area contributed by atoms with Gasteiger partial charge in [-0.1, -0.05) is 24.9 Å². The van der Waals surface area contributed by atoms with Crippen LogP contribution in [-0.4, -0.2) is 28.1 Å². The molecule has 1 heterocycles. The van der Waals surface area contributed by atoms with Gasteiger partial charge in [0.25, 0.3) is 0 Å². The first-order valence-electron chi connectivity index (χ1n) is 5.96. The van der Waals surface area contributed by atoms with Gasteiger partial charge in [-0.15, -0.1) is 0 Å². The summed E-state index contributed by atoms with van der Waals surface area (Å²) in [5, 5.41) is 15.0. The van der Waals surface area contributed by atoms with Crippen molar-refractivity contribution in [2.24, 2.45) is 0 Å². The quantitative estimate of drug-likeness (QED) is 0.855. The Labute approximate surface area is 108 Å². The zero-order valence-corrected chi connectivity index (χ0v) is 11.6. The molecule has 0 saturated carbocycles. The fourth-order valence-corrected chi connectivity index (χ4v) is 2.15. The van der Waals surface area contributed by atoms with Crippen LogP contribution < -0.4 is 0 Å². The number of methoxy groups -OCH3 is 1. The summed E-state index contributed by atoms with van der Waals surface area (Å²) in [5.41, 5.74) is 0.641. The Morgan fingerprint density at radius 1 is 1.53 bits per heavy atom. The molecular weight excluding hydrogens is 240 g/mol. The van der Waals surface area contributed by atoms with Gasteiger partial charge in [0.05, 0.1) is 23.0 Å². The number of aromatic nitrogens is 2. The molecule has 98 valence electrons. The SMILES string of the molecule is CCCC(OC)C(O)c1c(Cl)cnn1C(C)C. The van der Waals surface area contributed by atoms with Crippen molar-refractivity contribution in [3.05, 3.63) is 16.9 Å². The van der Waals surface area contributed by atoms with Crippen LogP contribution in [0.4, 0.5) is 0 Å². The van der Waals surface area contributed by atoms with Gasteiger partial charge < -0.3 is 9.84 Å². The number of hydrogen-bond acceptors (Lipinski definition) is 3. The number of aliphatic hydroxyl groups is 1. The molecule has 0 aliphatic rings. The summed E-state index contributed by atoms with van der Waals surface area (Å²) in [7, 11) is 1.60. The second-order valence-corrected chi connectivity index (χ2v) is 4.83. The third-order valence-electron chi connectivity index (χ3n) is 2.78. The highest BCUT2D eigenvalue weighted by molar-refractivity contribution is 6.31. The Balaban J connectivity index is 3.00. The number of halogens is 1. The first-order chi connectivity index (χ1) is 8.02. The molecule has 2 atom stereocenters. The largest absolute Gasteiger partial charge is 0.384 e. The number of nitrogens with zero attached hydrogens (tertiary/aromatic N) is 2. The van der Waals surface area contributed by atoms with Gasteiger partial charge in [-0.3, -0.25) is 4.68 Å². The van der Waals surface area contributed by atoms with E-state index in [1.165, 1.54) is 0 Å². The molecule has 4 nitrogen and oxygen atoms in total. The van der Waals surface area contributed by atoms with Crippen LogP contribution in [0.1, 0.15) is 51.5 Å². The molecular formula is C12H21ClN2O2. The normalized spacial score (nSPS) is 15.2. The van der Waals surface area contributed by atoms with Gasteiger partial charge >= 0.3 is 0 Å². The lowest BCUT2D eigenvalue weighted by Gasteiger charge is -2.23. The minimum atomic E-state index is -0.739. The van der Waals surface area contributed by atoms with Crippen molar-refractivity contribution >= 4 is 11.6 Å². The number of hydrogen-bond donors (Lipinski definition) is 1. The van der Waals surface area contributed by atoms with E-state index in [-0.39, 0.29) is 12.1 Å². The second-order valence-electron chi connectivity index (χ2n) is 4.42. The van der Waals surface area contributed by atoms with E-state index in [1.807, 2.05) is 13.8 Å². The molecule has 0 saturated heterocycles. The van der Waals surface area contributed by atoms with E-state index >= 15 is 0 Å². The summed E-state index contributed by atoms with van der Waals surface area (Å²) >= 11 is 6.09. The highest BCUT2D eigenvalue weighted by Gasteiger charge is 2.26. The number of ether oxygens (including phenoxy) is 1. The Bertz CT molecular complexity index is 352. The summed E-state index contributed by atoms with van der Waals surface area (Å²) < 4.78 is 7.06.